The van der Waals surface area contributed by atoms with Gasteiger partial charge < -0.3 is 18.1 Å². The minimum atomic E-state index is 0.562. The van der Waals surface area contributed by atoms with E-state index in [0.717, 1.165) is 111 Å². The molecule has 0 bridgehead atoms. The molecule has 0 saturated heterocycles. The lowest BCUT2D eigenvalue weighted by atomic mass is 9.99. The van der Waals surface area contributed by atoms with Crippen LogP contribution in [-0.4, -0.2) is 28.7 Å². The number of para-hydroxylation sites is 5. The Labute approximate surface area is 435 Å². The molecule has 0 amide bonds. The van der Waals surface area contributed by atoms with E-state index in [9.17, 15) is 0 Å². The average molecular weight is 971 g/mol. The van der Waals surface area contributed by atoms with Crippen LogP contribution >= 0.6 is 0 Å². The number of hydrogen-bond donors (Lipinski definition) is 0. The molecule has 0 spiro atoms. The highest BCUT2D eigenvalue weighted by atomic mass is 16.3. The lowest BCUT2D eigenvalue weighted by Gasteiger charge is -2.17. The number of rotatable bonds is 7. The van der Waals surface area contributed by atoms with Gasteiger partial charge in [-0.25, -0.2) is 15.0 Å². The maximum Gasteiger partial charge on any atom is 0.166 e. The second-order valence-electron chi connectivity index (χ2n) is 19.6. The third kappa shape index (κ3) is 6.46. The van der Waals surface area contributed by atoms with Gasteiger partial charge in [0.25, 0.3) is 0 Å². The van der Waals surface area contributed by atoms with Crippen molar-refractivity contribution in [2.45, 2.75) is 0 Å². The second kappa shape index (κ2) is 16.6. The first-order valence-corrected chi connectivity index (χ1v) is 25.7. The molecule has 76 heavy (non-hydrogen) atoms. The Balaban J connectivity index is 1.02. The van der Waals surface area contributed by atoms with E-state index in [1.54, 1.807) is 0 Å². The fourth-order valence-corrected chi connectivity index (χ4v) is 11.9. The van der Waals surface area contributed by atoms with Gasteiger partial charge in [0.05, 0.1) is 38.8 Å². The van der Waals surface area contributed by atoms with Crippen LogP contribution in [0.25, 0.3) is 150 Å². The predicted molar refractivity (Wildman–Crippen MR) is 312 cm³/mol. The molecule has 0 fully saturated rings. The molecule has 7 nitrogen and oxygen atoms in total. The molecule has 0 radical (unpaired) electrons. The van der Waals surface area contributed by atoms with E-state index in [4.69, 9.17) is 19.4 Å². The van der Waals surface area contributed by atoms with E-state index >= 15 is 0 Å². The number of fused-ring (bicyclic) bond motifs is 12. The van der Waals surface area contributed by atoms with Gasteiger partial charge in [-0.2, -0.15) is 0 Å². The number of nitrogens with zero attached hydrogens (tertiary/aromatic N) is 6. The van der Waals surface area contributed by atoms with E-state index in [1.165, 1.54) is 21.5 Å². The van der Waals surface area contributed by atoms with Crippen molar-refractivity contribution < 1.29 is 4.42 Å². The highest BCUT2D eigenvalue weighted by molar-refractivity contribution is 6.14. The average Bonchev–Trinajstić information content (AvgIpc) is 4.31. The van der Waals surface area contributed by atoms with Crippen LogP contribution in [0.5, 0.6) is 0 Å². The first-order valence-electron chi connectivity index (χ1n) is 25.7. The lowest BCUT2D eigenvalue weighted by molar-refractivity contribution is 0.669. The van der Waals surface area contributed by atoms with E-state index in [2.05, 4.69) is 220 Å². The van der Waals surface area contributed by atoms with Crippen molar-refractivity contribution in [3.05, 3.63) is 255 Å². The molecule has 16 aromatic rings. The van der Waals surface area contributed by atoms with E-state index in [0.29, 0.717) is 17.5 Å². The molecule has 7 heteroatoms. The Bertz CT molecular complexity index is 4670. The van der Waals surface area contributed by atoms with Gasteiger partial charge in [-0.15, -0.1) is 0 Å². The third-order valence-corrected chi connectivity index (χ3v) is 15.3. The zero-order chi connectivity index (χ0) is 49.8. The van der Waals surface area contributed by atoms with Crippen molar-refractivity contribution in [2.75, 3.05) is 0 Å². The summed E-state index contributed by atoms with van der Waals surface area (Å²) in [5.41, 5.74) is 16.2. The van der Waals surface area contributed by atoms with Crippen LogP contribution in [0.2, 0.25) is 0 Å². The van der Waals surface area contributed by atoms with Crippen LogP contribution in [0.4, 0.5) is 0 Å². The number of benzene rings is 11. The van der Waals surface area contributed by atoms with Crippen molar-refractivity contribution in [1.82, 2.24) is 28.7 Å². The molecular formula is C69H42N6O. The largest absolute Gasteiger partial charge is 0.456 e. The highest BCUT2D eigenvalue weighted by Gasteiger charge is 2.24. The number of hydrogen-bond acceptors (Lipinski definition) is 4. The Kier molecular flexibility index (Phi) is 9.20. The van der Waals surface area contributed by atoms with Gasteiger partial charge in [0.1, 0.15) is 11.2 Å². The van der Waals surface area contributed by atoms with E-state index in [1.807, 2.05) is 48.5 Å². The molecule has 11 aromatic carbocycles. The summed E-state index contributed by atoms with van der Waals surface area (Å²) in [6.07, 6.45) is 0. The molecule has 0 saturated carbocycles. The zero-order valence-electron chi connectivity index (χ0n) is 40.8. The topological polar surface area (TPSA) is 66.6 Å². The first-order chi connectivity index (χ1) is 37.7. The monoisotopic (exact) mass is 970 g/mol. The SMILES string of the molecule is c1ccc(-c2nc(-c3ccccc3)nc(-c3cc(-c4ccc5oc6ccccc6c5c4)ccc3-n3c4cc(-n5c6ccccc6c6ccccc65)ccc4c4ccc(-n5c6ccccc6c6ccccc65)cc43)n2)cc1. The first kappa shape index (κ1) is 42.2. The van der Waals surface area contributed by atoms with Crippen LogP contribution in [0.1, 0.15) is 0 Å². The molecule has 0 aliphatic heterocycles. The summed E-state index contributed by atoms with van der Waals surface area (Å²) in [5.74, 6) is 1.75. The summed E-state index contributed by atoms with van der Waals surface area (Å²) in [5, 5.41) is 9.27. The van der Waals surface area contributed by atoms with E-state index in [-0.39, 0.29) is 0 Å². The fraction of sp³-hybridized carbons (Fsp3) is 0. The minimum absolute atomic E-state index is 0.562. The Morgan fingerprint density at radius 3 is 1.18 bits per heavy atom. The summed E-state index contributed by atoms with van der Waals surface area (Å²) in [4.78, 5) is 16.0. The quantitative estimate of drug-likeness (QED) is 0.160. The number of aromatic nitrogens is 6. The molecular weight excluding hydrogens is 929 g/mol. The van der Waals surface area contributed by atoms with Crippen LogP contribution in [0, 0.1) is 0 Å². The van der Waals surface area contributed by atoms with E-state index < -0.39 is 0 Å². The van der Waals surface area contributed by atoms with Crippen LogP contribution in [0.15, 0.2) is 259 Å². The Morgan fingerprint density at radius 2 is 0.658 bits per heavy atom. The molecule has 0 atom stereocenters. The lowest BCUT2D eigenvalue weighted by Crippen LogP contribution is -2.04. The van der Waals surface area contributed by atoms with Gasteiger partial charge in [-0.3, -0.25) is 0 Å². The molecule has 354 valence electrons. The van der Waals surface area contributed by atoms with Gasteiger partial charge in [0.2, 0.25) is 0 Å². The van der Waals surface area contributed by atoms with Gasteiger partial charge in [-0.1, -0.05) is 176 Å². The zero-order valence-corrected chi connectivity index (χ0v) is 40.8. The number of furan rings is 1. The third-order valence-electron chi connectivity index (χ3n) is 15.3. The van der Waals surface area contributed by atoms with Crippen molar-refractivity contribution in [1.29, 1.82) is 0 Å². The summed E-state index contributed by atoms with van der Waals surface area (Å²) >= 11 is 0. The summed E-state index contributed by atoms with van der Waals surface area (Å²) in [7, 11) is 0. The molecule has 16 rings (SSSR count). The van der Waals surface area contributed by atoms with Crippen LogP contribution in [-0.2, 0) is 0 Å². The highest BCUT2D eigenvalue weighted by Crippen LogP contribution is 2.43. The second-order valence-corrected chi connectivity index (χ2v) is 19.6. The molecule has 0 N–H and O–H groups in total. The predicted octanol–water partition coefficient (Wildman–Crippen LogP) is 17.7. The van der Waals surface area contributed by atoms with Gasteiger partial charge in [-0.05, 0) is 90.0 Å². The standard InChI is InChI=1S/C69H42N6O/c1-3-17-43(18-4-1)67-70-68(44-19-5-2-6-20-44)72-69(71-67)57-40-45(46-32-38-66-56(39-46)55-25-11-16-30-65(55)76-66)31-37-62(57)75-63-41-47(73-58-26-12-7-21-49(58)50-22-8-13-27-59(50)73)33-35-53(63)54-36-34-48(42-64(54)75)74-60-28-14-9-23-51(60)52-24-10-15-29-61(52)74/h1-42H. The maximum absolute atomic E-state index is 6.33. The molecule has 0 aliphatic rings. The molecule has 0 aliphatic carbocycles. The van der Waals surface area contributed by atoms with Crippen molar-refractivity contribution in [3.63, 3.8) is 0 Å². The molecule has 5 heterocycles. The maximum atomic E-state index is 6.33. The Hall–Kier alpha value is -10.4. The normalized spacial score (nSPS) is 11.9. The van der Waals surface area contributed by atoms with Gasteiger partial charge in [0.15, 0.2) is 17.5 Å². The van der Waals surface area contributed by atoms with Gasteiger partial charge in [0, 0.05) is 71.2 Å². The fourth-order valence-electron chi connectivity index (χ4n) is 11.9. The van der Waals surface area contributed by atoms with Crippen LogP contribution in [0.3, 0.4) is 0 Å². The molecule has 5 aromatic heterocycles. The summed E-state index contributed by atoms with van der Waals surface area (Å²) < 4.78 is 13.6. The van der Waals surface area contributed by atoms with Crippen LogP contribution < -0.4 is 0 Å². The van der Waals surface area contributed by atoms with Gasteiger partial charge >= 0.3 is 0 Å². The molecule has 0 unspecified atom stereocenters. The van der Waals surface area contributed by atoms with Crippen molar-refractivity contribution in [3.8, 4) is 62.4 Å². The summed E-state index contributed by atoms with van der Waals surface area (Å²) in [6, 6.07) is 90.6. The van der Waals surface area contributed by atoms with Crippen molar-refractivity contribution in [2.24, 2.45) is 0 Å². The smallest absolute Gasteiger partial charge is 0.166 e. The minimum Gasteiger partial charge on any atom is -0.456 e. The Morgan fingerprint density at radius 1 is 0.250 bits per heavy atom. The van der Waals surface area contributed by atoms with Crippen molar-refractivity contribution >= 4 is 87.4 Å². The summed E-state index contributed by atoms with van der Waals surface area (Å²) in [6.45, 7) is 0.